The van der Waals surface area contributed by atoms with Gasteiger partial charge in [0.15, 0.2) is 0 Å². The summed E-state index contributed by atoms with van der Waals surface area (Å²) in [7, 11) is 2.38. The number of para-hydroxylation sites is 2. The molecule has 1 saturated heterocycles. The van der Waals surface area contributed by atoms with Crippen LogP contribution in [0.5, 0.6) is 0 Å². The average molecular weight is 453 g/mol. The van der Waals surface area contributed by atoms with Crippen LogP contribution in [0.1, 0.15) is 101 Å². The molecule has 1 heterocycles. The maximum absolute atomic E-state index is 2.51. The van der Waals surface area contributed by atoms with Gasteiger partial charge in [-0.3, -0.25) is 0 Å². The molecule has 2 aromatic carbocycles. The first-order valence-electron chi connectivity index (χ1n) is 11.4. The predicted octanol–water partition coefficient (Wildman–Crippen LogP) is 7.04. The molecular formula is C26H38BCuN2. The monoisotopic (exact) mass is 452 g/mol. The van der Waals surface area contributed by atoms with Crippen LogP contribution in [0.15, 0.2) is 36.4 Å². The van der Waals surface area contributed by atoms with Gasteiger partial charge in [0, 0.05) is 41.5 Å². The Morgan fingerprint density at radius 1 is 0.567 bits per heavy atom. The molecule has 0 amide bonds. The Bertz CT molecular complexity index is 723. The van der Waals surface area contributed by atoms with E-state index in [-0.39, 0.29) is 17.1 Å². The van der Waals surface area contributed by atoms with Gasteiger partial charge in [0.1, 0.15) is 0 Å². The van der Waals surface area contributed by atoms with Crippen LogP contribution in [-0.4, -0.2) is 20.6 Å². The summed E-state index contributed by atoms with van der Waals surface area (Å²) in [6.45, 7) is 20.5. The third kappa shape index (κ3) is 4.92. The molecule has 3 rings (SSSR count). The molecule has 30 heavy (non-hydrogen) atoms. The van der Waals surface area contributed by atoms with Crippen molar-refractivity contribution in [3.8, 4) is 0 Å². The Morgan fingerprint density at radius 3 is 1.07 bits per heavy atom. The minimum absolute atomic E-state index is 0. The Kier molecular flexibility index (Phi) is 8.54. The van der Waals surface area contributed by atoms with Crippen molar-refractivity contribution < 1.29 is 17.1 Å². The molecule has 0 N–H and O–H groups in total. The topological polar surface area (TPSA) is 6.48 Å². The van der Waals surface area contributed by atoms with Crippen molar-refractivity contribution in [2.24, 2.45) is 0 Å². The summed E-state index contributed by atoms with van der Waals surface area (Å²) in [6, 6.07) is 13.7. The summed E-state index contributed by atoms with van der Waals surface area (Å²) in [6.07, 6.45) is 0. The smallest absolute Gasteiger partial charge is 0.391 e. The first-order chi connectivity index (χ1) is 13.7. The number of anilines is 2. The molecule has 0 aliphatic carbocycles. The fourth-order valence-electron chi connectivity index (χ4n) is 4.53. The standard InChI is InChI=1S/C26H38BN2.Cu/c1-17(2)21-11-9-12-22(18(3)4)25(21)28-15-16-29(27-28)26-23(19(5)6)13-10-14-24(26)20(7)8;/h9-14,17-20H,15-16H2,1-8H3;. The molecule has 0 spiro atoms. The van der Waals surface area contributed by atoms with E-state index in [2.05, 4.69) is 109 Å². The third-order valence-electron chi connectivity index (χ3n) is 6.12. The Balaban J connectivity index is 0.00000320. The van der Waals surface area contributed by atoms with E-state index < -0.39 is 0 Å². The largest absolute Gasteiger partial charge is 0.397 e. The van der Waals surface area contributed by atoms with Crippen molar-refractivity contribution in [3.63, 3.8) is 0 Å². The van der Waals surface area contributed by atoms with Gasteiger partial charge in [0.05, 0.1) is 0 Å². The van der Waals surface area contributed by atoms with Crippen LogP contribution in [0.25, 0.3) is 0 Å². The van der Waals surface area contributed by atoms with E-state index in [0.717, 1.165) is 13.1 Å². The number of benzene rings is 2. The molecule has 2 nitrogen and oxygen atoms in total. The molecule has 4 heteroatoms. The second-order valence-electron chi connectivity index (χ2n) is 9.69. The van der Waals surface area contributed by atoms with Gasteiger partial charge in [-0.15, -0.1) is 0 Å². The van der Waals surface area contributed by atoms with Gasteiger partial charge in [-0.1, -0.05) is 91.8 Å². The molecule has 2 aromatic rings. The van der Waals surface area contributed by atoms with Gasteiger partial charge in [0.25, 0.3) is 0 Å². The van der Waals surface area contributed by atoms with Crippen LogP contribution in [0.4, 0.5) is 11.4 Å². The van der Waals surface area contributed by atoms with Crippen LogP contribution < -0.4 is 9.62 Å². The normalized spacial score (nSPS) is 14.1. The van der Waals surface area contributed by atoms with E-state index in [9.17, 15) is 0 Å². The van der Waals surface area contributed by atoms with Crippen molar-refractivity contribution >= 4 is 18.9 Å². The third-order valence-corrected chi connectivity index (χ3v) is 6.12. The van der Waals surface area contributed by atoms with Gasteiger partial charge < -0.3 is 9.62 Å². The van der Waals surface area contributed by atoms with Crippen LogP contribution in [0, 0.1) is 0 Å². The molecule has 0 bridgehead atoms. The quantitative estimate of drug-likeness (QED) is 0.434. The fourth-order valence-corrected chi connectivity index (χ4v) is 4.53. The molecule has 1 aliphatic rings. The molecule has 2 radical (unpaired) electrons. The average Bonchev–Trinajstić information content (AvgIpc) is 3.15. The molecular weight excluding hydrogens is 415 g/mol. The van der Waals surface area contributed by atoms with E-state index in [0.29, 0.717) is 23.7 Å². The van der Waals surface area contributed by atoms with Crippen LogP contribution >= 0.6 is 0 Å². The zero-order chi connectivity index (χ0) is 21.3. The second-order valence-corrected chi connectivity index (χ2v) is 9.69. The van der Waals surface area contributed by atoms with E-state index in [1.54, 1.807) is 0 Å². The van der Waals surface area contributed by atoms with E-state index >= 15 is 0 Å². The number of hydrogen-bond donors (Lipinski definition) is 0. The first-order valence-corrected chi connectivity index (χ1v) is 11.4. The molecule has 0 atom stereocenters. The summed E-state index contributed by atoms with van der Waals surface area (Å²) in [5.74, 6) is 2.06. The summed E-state index contributed by atoms with van der Waals surface area (Å²) < 4.78 is 0. The predicted molar refractivity (Wildman–Crippen MR) is 130 cm³/mol. The Labute approximate surface area is 196 Å². The van der Waals surface area contributed by atoms with Crippen molar-refractivity contribution in [2.75, 3.05) is 22.7 Å². The number of rotatable bonds is 6. The van der Waals surface area contributed by atoms with Gasteiger partial charge >= 0.3 is 7.55 Å². The maximum atomic E-state index is 2.51. The second kappa shape index (κ2) is 10.3. The Morgan fingerprint density at radius 2 is 0.833 bits per heavy atom. The van der Waals surface area contributed by atoms with Crippen molar-refractivity contribution in [2.45, 2.75) is 79.1 Å². The van der Waals surface area contributed by atoms with Gasteiger partial charge in [-0.2, -0.15) is 0 Å². The van der Waals surface area contributed by atoms with E-state index in [4.69, 9.17) is 0 Å². The number of nitrogens with zero attached hydrogens (tertiary/aromatic N) is 2. The van der Waals surface area contributed by atoms with E-state index in [1.165, 1.54) is 33.6 Å². The summed E-state index contributed by atoms with van der Waals surface area (Å²) >= 11 is 0. The van der Waals surface area contributed by atoms with Crippen LogP contribution in [0.2, 0.25) is 0 Å². The molecule has 0 aromatic heterocycles. The molecule has 166 valence electrons. The molecule has 1 aliphatic heterocycles. The first kappa shape index (κ1) is 24.9. The van der Waals surface area contributed by atoms with Crippen molar-refractivity contribution in [1.82, 2.24) is 0 Å². The minimum Gasteiger partial charge on any atom is -0.397 e. The van der Waals surface area contributed by atoms with Crippen molar-refractivity contribution in [1.29, 1.82) is 0 Å². The van der Waals surface area contributed by atoms with Gasteiger partial charge in [-0.05, 0) is 45.9 Å². The molecule has 1 fully saturated rings. The fraction of sp³-hybridized carbons (Fsp3) is 0.538. The van der Waals surface area contributed by atoms with Gasteiger partial charge in [0.2, 0.25) is 0 Å². The number of hydrogen-bond acceptors (Lipinski definition) is 2. The summed E-state index contributed by atoms with van der Waals surface area (Å²) in [4.78, 5) is 5.01. The SMILES string of the molecule is CC(C)c1cccc(C(C)C)c1N1[B]N(c2c(C(C)C)cccc2C(C)C)CC1.[Cu]. The summed E-state index contributed by atoms with van der Waals surface area (Å²) in [5, 5.41) is 0. The minimum atomic E-state index is 0. The molecule has 0 unspecified atom stereocenters. The van der Waals surface area contributed by atoms with Crippen LogP contribution in [-0.2, 0) is 17.1 Å². The van der Waals surface area contributed by atoms with Crippen molar-refractivity contribution in [3.05, 3.63) is 58.7 Å². The van der Waals surface area contributed by atoms with Gasteiger partial charge in [-0.25, -0.2) is 0 Å². The maximum Gasteiger partial charge on any atom is 0.391 e. The zero-order valence-corrected chi connectivity index (χ0v) is 20.9. The Hall–Kier alpha value is -1.38. The van der Waals surface area contributed by atoms with E-state index in [1.807, 2.05) is 0 Å². The molecule has 0 saturated carbocycles. The van der Waals surface area contributed by atoms with Crippen LogP contribution in [0.3, 0.4) is 0 Å². The summed E-state index contributed by atoms with van der Waals surface area (Å²) in [5.41, 5.74) is 8.67. The zero-order valence-electron chi connectivity index (χ0n) is 20.0.